The SMILES string of the molecule is O=C(COc1ccc(Cl)cc1Br)Nc1ccc(N2CCCC2)cc1. The number of ether oxygens (including phenoxy) is 1. The van der Waals surface area contributed by atoms with E-state index in [0.29, 0.717) is 10.8 Å². The highest BCUT2D eigenvalue weighted by Crippen LogP contribution is 2.28. The van der Waals surface area contributed by atoms with Gasteiger partial charge in [0.25, 0.3) is 5.91 Å². The van der Waals surface area contributed by atoms with Gasteiger partial charge in [0, 0.05) is 29.5 Å². The predicted octanol–water partition coefficient (Wildman–Crippen LogP) is 4.72. The Morgan fingerprint density at radius 2 is 1.88 bits per heavy atom. The van der Waals surface area contributed by atoms with E-state index in [0.717, 1.165) is 23.2 Å². The molecule has 3 rings (SSSR count). The van der Waals surface area contributed by atoms with E-state index in [9.17, 15) is 4.79 Å². The molecule has 0 bridgehead atoms. The second-order valence-electron chi connectivity index (χ2n) is 5.65. The van der Waals surface area contributed by atoms with Crippen molar-refractivity contribution < 1.29 is 9.53 Å². The topological polar surface area (TPSA) is 41.6 Å². The van der Waals surface area contributed by atoms with Crippen molar-refractivity contribution in [1.82, 2.24) is 0 Å². The lowest BCUT2D eigenvalue weighted by Crippen LogP contribution is -2.20. The van der Waals surface area contributed by atoms with Crippen LogP contribution in [0.3, 0.4) is 0 Å². The maximum Gasteiger partial charge on any atom is 0.262 e. The van der Waals surface area contributed by atoms with Crippen LogP contribution in [-0.4, -0.2) is 25.6 Å². The van der Waals surface area contributed by atoms with E-state index in [4.69, 9.17) is 16.3 Å². The average molecular weight is 410 g/mol. The molecule has 0 aromatic heterocycles. The number of amides is 1. The average Bonchev–Trinajstić information content (AvgIpc) is 3.09. The number of carbonyl (C=O) groups is 1. The lowest BCUT2D eigenvalue weighted by Gasteiger charge is -2.17. The molecule has 0 unspecified atom stereocenters. The number of nitrogens with zero attached hydrogens (tertiary/aromatic N) is 1. The number of nitrogens with one attached hydrogen (secondary N) is 1. The molecule has 1 aliphatic heterocycles. The molecule has 0 saturated carbocycles. The minimum Gasteiger partial charge on any atom is -0.483 e. The number of halogens is 2. The first kappa shape index (κ1) is 17.1. The van der Waals surface area contributed by atoms with Gasteiger partial charge in [-0.05, 0) is 71.2 Å². The normalized spacial score (nSPS) is 13.8. The van der Waals surface area contributed by atoms with Crippen molar-refractivity contribution in [1.29, 1.82) is 0 Å². The summed E-state index contributed by atoms with van der Waals surface area (Å²) in [4.78, 5) is 14.4. The summed E-state index contributed by atoms with van der Waals surface area (Å²) in [5.74, 6) is 0.379. The Kier molecular flexibility index (Phi) is 5.63. The van der Waals surface area contributed by atoms with Gasteiger partial charge in [-0.2, -0.15) is 0 Å². The molecule has 1 fully saturated rings. The Morgan fingerprint density at radius 3 is 2.54 bits per heavy atom. The van der Waals surface area contributed by atoms with Crippen molar-refractivity contribution in [3.05, 3.63) is 52.0 Å². The zero-order valence-corrected chi connectivity index (χ0v) is 15.4. The summed E-state index contributed by atoms with van der Waals surface area (Å²) in [5, 5.41) is 3.45. The van der Waals surface area contributed by atoms with E-state index in [-0.39, 0.29) is 12.5 Å². The maximum atomic E-state index is 12.0. The van der Waals surface area contributed by atoms with Gasteiger partial charge in [-0.1, -0.05) is 11.6 Å². The summed E-state index contributed by atoms with van der Waals surface area (Å²) in [6.07, 6.45) is 2.49. The summed E-state index contributed by atoms with van der Waals surface area (Å²) in [6, 6.07) is 13.1. The molecular weight excluding hydrogens is 392 g/mol. The summed E-state index contributed by atoms with van der Waals surface area (Å²) >= 11 is 9.24. The molecule has 0 aliphatic carbocycles. The van der Waals surface area contributed by atoms with Gasteiger partial charge in [0.05, 0.1) is 4.47 Å². The Bertz CT molecular complexity index is 715. The van der Waals surface area contributed by atoms with E-state index in [1.165, 1.54) is 18.5 Å². The van der Waals surface area contributed by atoms with Gasteiger partial charge < -0.3 is 15.0 Å². The van der Waals surface area contributed by atoms with Crippen LogP contribution in [0.2, 0.25) is 5.02 Å². The highest BCUT2D eigenvalue weighted by atomic mass is 79.9. The van der Waals surface area contributed by atoms with E-state index < -0.39 is 0 Å². The molecule has 1 saturated heterocycles. The number of carbonyl (C=O) groups excluding carboxylic acids is 1. The van der Waals surface area contributed by atoms with Crippen molar-refractivity contribution >= 4 is 44.8 Å². The molecule has 24 heavy (non-hydrogen) atoms. The molecule has 0 spiro atoms. The number of rotatable bonds is 5. The number of hydrogen-bond acceptors (Lipinski definition) is 3. The van der Waals surface area contributed by atoms with E-state index >= 15 is 0 Å². The monoisotopic (exact) mass is 408 g/mol. The van der Waals surface area contributed by atoms with Crippen LogP contribution < -0.4 is 15.0 Å². The lowest BCUT2D eigenvalue weighted by molar-refractivity contribution is -0.118. The molecule has 1 amide bonds. The molecule has 6 heteroatoms. The summed E-state index contributed by atoms with van der Waals surface area (Å²) in [6.45, 7) is 2.15. The van der Waals surface area contributed by atoms with Crippen LogP contribution in [-0.2, 0) is 4.79 Å². The van der Waals surface area contributed by atoms with Crippen molar-refractivity contribution in [2.24, 2.45) is 0 Å². The van der Waals surface area contributed by atoms with Gasteiger partial charge in [0.2, 0.25) is 0 Å². The van der Waals surface area contributed by atoms with Gasteiger partial charge in [0.15, 0.2) is 6.61 Å². The van der Waals surface area contributed by atoms with E-state index in [2.05, 4.69) is 26.1 Å². The minimum absolute atomic E-state index is 0.0614. The molecule has 4 nitrogen and oxygen atoms in total. The standard InChI is InChI=1S/C18H18BrClN2O2/c19-16-11-13(20)3-8-17(16)24-12-18(23)21-14-4-6-15(7-5-14)22-9-1-2-10-22/h3-8,11H,1-2,9-10,12H2,(H,21,23). The number of anilines is 2. The fraction of sp³-hybridized carbons (Fsp3) is 0.278. The highest BCUT2D eigenvalue weighted by molar-refractivity contribution is 9.10. The third kappa shape index (κ3) is 4.42. The largest absolute Gasteiger partial charge is 0.483 e. The Balaban J connectivity index is 1.52. The van der Waals surface area contributed by atoms with Crippen LogP contribution in [0.15, 0.2) is 46.9 Å². The second-order valence-corrected chi connectivity index (χ2v) is 6.94. The molecule has 126 valence electrons. The van der Waals surface area contributed by atoms with Crippen LogP contribution in [0, 0.1) is 0 Å². The first-order valence-corrected chi connectivity index (χ1v) is 9.01. The first-order valence-electron chi connectivity index (χ1n) is 7.84. The van der Waals surface area contributed by atoms with Crippen molar-refractivity contribution in [3.8, 4) is 5.75 Å². The van der Waals surface area contributed by atoms with Crippen molar-refractivity contribution in [3.63, 3.8) is 0 Å². The van der Waals surface area contributed by atoms with Crippen molar-refractivity contribution in [2.45, 2.75) is 12.8 Å². The third-order valence-corrected chi connectivity index (χ3v) is 4.73. The Hall–Kier alpha value is -1.72. The Morgan fingerprint density at radius 1 is 1.17 bits per heavy atom. The molecule has 1 N–H and O–H groups in total. The van der Waals surface area contributed by atoms with Crippen LogP contribution in [0.25, 0.3) is 0 Å². The zero-order chi connectivity index (χ0) is 16.9. The number of benzene rings is 2. The molecule has 1 aliphatic rings. The van der Waals surface area contributed by atoms with Crippen molar-refractivity contribution in [2.75, 3.05) is 29.9 Å². The van der Waals surface area contributed by atoms with E-state index in [1.54, 1.807) is 18.2 Å². The first-order chi connectivity index (χ1) is 11.6. The van der Waals surface area contributed by atoms with Crippen LogP contribution in [0.5, 0.6) is 5.75 Å². The van der Waals surface area contributed by atoms with Gasteiger partial charge in [-0.3, -0.25) is 4.79 Å². The molecule has 0 radical (unpaired) electrons. The fourth-order valence-electron chi connectivity index (χ4n) is 2.66. The third-order valence-electron chi connectivity index (χ3n) is 3.87. The number of hydrogen-bond donors (Lipinski definition) is 1. The minimum atomic E-state index is -0.203. The quantitative estimate of drug-likeness (QED) is 0.777. The molecule has 0 atom stereocenters. The molecular formula is C18H18BrClN2O2. The van der Waals surface area contributed by atoms with E-state index in [1.807, 2.05) is 24.3 Å². The van der Waals surface area contributed by atoms with Crippen LogP contribution in [0.4, 0.5) is 11.4 Å². The Labute approximate surface area is 154 Å². The second kappa shape index (κ2) is 7.90. The smallest absolute Gasteiger partial charge is 0.262 e. The predicted molar refractivity (Wildman–Crippen MR) is 101 cm³/mol. The van der Waals surface area contributed by atoms with Crippen LogP contribution in [0.1, 0.15) is 12.8 Å². The van der Waals surface area contributed by atoms with Gasteiger partial charge in [0.1, 0.15) is 5.75 Å². The molecule has 2 aromatic rings. The zero-order valence-electron chi connectivity index (χ0n) is 13.1. The summed E-state index contributed by atoms with van der Waals surface area (Å²) in [7, 11) is 0. The lowest BCUT2D eigenvalue weighted by atomic mass is 10.2. The molecule has 2 aromatic carbocycles. The summed E-state index contributed by atoms with van der Waals surface area (Å²) in [5.41, 5.74) is 1.97. The molecule has 1 heterocycles. The van der Waals surface area contributed by atoms with Gasteiger partial charge in [-0.25, -0.2) is 0 Å². The van der Waals surface area contributed by atoms with Gasteiger partial charge >= 0.3 is 0 Å². The van der Waals surface area contributed by atoms with Gasteiger partial charge in [-0.15, -0.1) is 0 Å². The highest BCUT2D eigenvalue weighted by Gasteiger charge is 2.12. The maximum absolute atomic E-state index is 12.0. The fourth-order valence-corrected chi connectivity index (χ4v) is 3.46. The summed E-state index contributed by atoms with van der Waals surface area (Å²) < 4.78 is 6.23. The van der Waals surface area contributed by atoms with Crippen LogP contribution >= 0.6 is 27.5 Å².